The van der Waals surface area contributed by atoms with Crippen molar-refractivity contribution in [2.45, 2.75) is 52.7 Å². The first kappa shape index (κ1) is 17.0. The zero-order valence-electron chi connectivity index (χ0n) is 11.8. The summed E-state index contributed by atoms with van der Waals surface area (Å²) in [7, 11) is 0. The number of amides is 1. The molecule has 0 radical (unpaired) electrons. The third kappa shape index (κ3) is 5.12. The molecule has 0 unspecified atom stereocenters. The van der Waals surface area contributed by atoms with Crippen molar-refractivity contribution < 1.29 is 19.1 Å². The highest BCUT2D eigenvalue weighted by Crippen LogP contribution is 2.20. The molecule has 0 aliphatic carbocycles. The van der Waals surface area contributed by atoms with Gasteiger partial charge in [0, 0.05) is 0 Å². The Morgan fingerprint density at radius 2 is 1.72 bits per heavy atom. The smallest absolute Gasteiger partial charge is 0.408 e. The Labute approximate surface area is 113 Å². The number of alkyl halides is 1. The zero-order valence-corrected chi connectivity index (χ0v) is 12.6. The number of nitrogens with one attached hydrogen (secondary N) is 1. The number of ether oxygens (including phenoxy) is 2. The quantitative estimate of drug-likeness (QED) is 0.635. The lowest BCUT2D eigenvalue weighted by molar-refractivity contribution is -0.150. The average Bonchev–Trinajstić information content (AvgIpc) is 2.14. The van der Waals surface area contributed by atoms with E-state index >= 15 is 0 Å². The van der Waals surface area contributed by atoms with E-state index in [2.05, 4.69) is 5.32 Å². The summed E-state index contributed by atoms with van der Waals surface area (Å²) in [5, 5.41) is 2.54. The highest BCUT2D eigenvalue weighted by molar-refractivity contribution is 6.17. The zero-order chi connectivity index (χ0) is 14.6. The molecular formula is C12H22ClNO4. The largest absolute Gasteiger partial charge is 0.448 e. The molecule has 0 fully saturated rings. The summed E-state index contributed by atoms with van der Waals surface area (Å²) in [5.74, 6) is -0.751. The number of carbonyl (C=O) groups excluding carboxylic acids is 2. The van der Waals surface area contributed by atoms with Crippen molar-refractivity contribution in [1.82, 2.24) is 5.32 Å². The molecule has 0 saturated carbocycles. The third-order valence-corrected chi connectivity index (χ3v) is 2.63. The fraction of sp³-hybridized carbons (Fsp3) is 0.833. The highest BCUT2D eigenvalue weighted by Gasteiger charge is 2.40. The number of carbonyl (C=O) groups is 2. The Balaban J connectivity index is 4.83. The molecule has 0 aromatic heterocycles. The Morgan fingerprint density at radius 1 is 1.22 bits per heavy atom. The second kappa shape index (κ2) is 6.27. The van der Waals surface area contributed by atoms with Gasteiger partial charge in [-0.15, -0.1) is 0 Å². The predicted octanol–water partition coefficient (Wildman–Crippen LogP) is 2.67. The van der Waals surface area contributed by atoms with E-state index in [0.717, 1.165) is 0 Å². The lowest BCUT2D eigenvalue weighted by Crippen LogP contribution is -2.57. The maximum absolute atomic E-state index is 11.8. The summed E-state index contributed by atoms with van der Waals surface area (Å²) in [4.78, 5) is 23.5. The van der Waals surface area contributed by atoms with E-state index in [0.29, 0.717) is 0 Å². The van der Waals surface area contributed by atoms with Crippen molar-refractivity contribution in [3.63, 3.8) is 0 Å². The molecule has 5 nitrogen and oxygen atoms in total. The Hall–Kier alpha value is -0.970. The monoisotopic (exact) mass is 279 g/mol. The van der Waals surface area contributed by atoms with Gasteiger partial charge in [0.2, 0.25) is 0 Å². The fourth-order valence-corrected chi connectivity index (χ4v) is 1.25. The van der Waals surface area contributed by atoms with Crippen LogP contribution in [-0.4, -0.2) is 29.3 Å². The van der Waals surface area contributed by atoms with Gasteiger partial charge < -0.3 is 14.8 Å². The van der Waals surface area contributed by atoms with E-state index in [-0.39, 0.29) is 12.0 Å². The number of esters is 1. The van der Waals surface area contributed by atoms with Gasteiger partial charge in [-0.1, -0.05) is 25.4 Å². The van der Waals surface area contributed by atoms with Crippen LogP contribution in [0.5, 0.6) is 0 Å². The Kier molecular flexibility index (Phi) is 5.93. The van der Waals surface area contributed by atoms with Crippen LogP contribution in [0.3, 0.4) is 0 Å². The molecule has 106 valence electrons. The summed E-state index contributed by atoms with van der Waals surface area (Å²) in [5.41, 5.74) is -1.80. The van der Waals surface area contributed by atoms with Crippen LogP contribution in [0, 0.1) is 5.92 Å². The van der Waals surface area contributed by atoms with Crippen LogP contribution in [-0.2, 0) is 14.3 Å². The van der Waals surface area contributed by atoms with E-state index in [4.69, 9.17) is 21.1 Å². The van der Waals surface area contributed by atoms with Gasteiger partial charge in [0.25, 0.3) is 0 Å². The van der Waals surface area contributed by atoms with Gasteiger partial charge >= 0.3 is 12.1 Å². The van der Waals surface area contributed by atoms with Gasteiger partial charge in [-0.05, 0) is 33.6 Å². The van der Waals surface area contributed by atoms with Crippen molar-refractivity contribution in [3.05, 3.63) is 0 Å². The minimum absolute atomic E-state index is 0.166. The van der Waals surface area contributed by atoms with Gasteiger partial charge in [0.1, 0.15) is 11.1 Å². The maximum atomic E-state index is 11.8. The number of rotatable bonds is 4. The predicted molar refractivity (Wildman–Crippen MR) is 69.4 cm³/mol. The molecule has 0 aliphatic rings. The summed E-state index contributed by atoms with van der Waals surface area (Å²) in [6.45, 7) is 10.4. The van der Waals surface area contributed by atoms with Gasteiger partial charge in [-0.2, -0.15) is 0 Å². The second-order valence-electron chi connectivity index (χ2n) is 5.52. The molecular weight excluding hydrogens is 258 g/mol. The van der Waals surface area contributed by atoms with Crippen molar-refractivity contribution in [3.8, 4) is 0 Å². The molecule has 18 heavy (non-hydrogen) atoms. The van der Waals surface area contributed by atoms with Crippen LogP contribution in [0.25, 0.3) is 0 Å². The highest BCUT2D eigenvalue weighted by atomic mass is 35.5. The number of halogens is 1. The summed E-state index contributed by atoms with van der Waals surface area (Å²) in [6, 6.07) is -0.253. The first-order valence-electron chi connectivity index (χ1n) is 5.77. The Bertz CT molecular complexity index is 312. The molecule has 0 heterocycles. The third-order valence-electron chi connectivity index (χ3n) is 2.53. The molecule has 0 spiro atoms. The van der Waals surface area contributed by atoms with Crippen LogP contribution in [0.2, 0.25) is 0 Å². The minimum Gasteiger partial charge on any atom is -0.448 e. The van der Waals surface area contributed by atoms with Crippen molar-refractivity contribution in [2.24, 2.45) is 5.92 Å². The van der Waals surface area contributed by atoms with Crippen LogP contribution in [0.4, 0.5) is 4.79 Å². The maximum Gasteiger partial charge on any atom is 0.408 e. The van der Waals surface area contributed by atoms with E-state index < -0.39 is 23.2 Å². The normalized spacial score (nSPS) is 14.9. The standard InChI is InChI=1S/C12H22ClNO4/c1-8(2)12(6,9(15)17-7-13)14-10(16)18-11(3,4)5/h8H,7H2,1-6H3,(H,14,16)/t12-/m0/s1. The number of hydrogen-bond acceptors (Lipinski definition) is 4. The molecule has 0 aliphatic heterocycles. The first-order valence-corrected chi connectivity index (χ1v) is 6.30. The van der Waals surface area contributed by atoms with Gasteiger partial charge in [-0.25, -0.2) is 9.59 Å². The molecule has 1 amide bonds. The van der Waals surface area contributed by atoms with Gasteiger partial charge in [0.05, 0.1) is 0 Å². The minimum atomic E-state index is -1.17. The fourth-order valence-electron chi connectivity index (χ4n) is 1.15. The first-order chi connectivity index (χ1) is 8.03. The second-order valence-corrected chi connectivity index (χ2v) is 5.74. The van der Waals surface area contributed by atoms with Crippen molar-refractivity contribution in [2.75, 3.05) is 6.07 Å². The van der Waals surface area contributed by atoms with Crippen molar-refractivity contribution in [1.29, 1.82) is 0 Å². The van der Waals surface area contributed by atoms with E-state index in [1.807, 2.05) is 0 Å². The molecule has 0 aromatic carbocycles. The van der Waals surface area contributed by atoms with Gasteiger partial charge in [0.15, 0.2) is 6.07 Å². The topological polar surface area (TPSA) is 64.6 Å². The van der Waals surface area contributed by atoms with Crippen LogP contribution in [0.1, 0.15) is 41.5 Å². The molecule has 1 N–H and O–H groups in total. The molecule has 0 rings (SSSR count). The van der Waals surface area contributed by atoms with Crippen molar-refractivity contribution >= 4 is 23.7 Å². The van der Waals surface area contributed by atoms with Gasteiger partial charge in [-0.3, -0.25) is 0 Å². The summed E-state index contributed by atoms with van der Waals surface area (Å²) in [6.07, 6.45) is -0.662. The molecule has 0 bridgehead atoms. The van der Waals surface area contributed by atoms with Crippen LogP contribution >= 0.6 is 11.6 Å². The molecule has 0 aromatic rings. The Morgan fingerprint density at radius 3 is 2.06 bits per heavy atom. The molecule has 1 atom stereocenters. The molecule has 6 heteroatoms. The van der Waals surface area contributed by atoms with E-state index in [1.54, 1.807) is 41.5 Å². The van der Waals surface area contributed by atoms with Crippen LogP contribution < -0.4 is 5.32 Å². The van der Waals surface area contributed by atoms with E-state index in [9.17, 15) is 9.59 Å². The summed E-state index contributed by atoms with van der Waals surface area (Å²) < 4.78 is 9.88. The number of hydrogen-bond donors (Lipinski definition) is 1. The lowest BCUT2D eigenvalue weighted by Gasteiger charge is -2.32. The lowest BCUT2D eigenvalue weighted by atomic mass is 9.88. The van der Waals surface area contributed by atoms with E-state index in [1.165, 1.54) is 0 Å². The summed E-state index contributed by atoms with van der Waals surface area (Å²) >= 11 is 5.36. The average molecular weight is 280 g/mol. The molecule has 0 saturated heterocycles. The van der Waals surface area contributed by atoms with Crippen LogP contribution in [0.15, 0.2) is 0 Å². The SMILES string of the molecule is CC(C)[C@](C)(NC(=O)OC(C)(C)C)C(=O)OCCl. The number of alkyl carbamates (subject to hydrolysis) is 1.